The number of amides is 1. The Kier molecular flexibility index (Phi) is 4.47. The first-order valence-corrected chi connectivity index (χ1v) is 7.29. The average molecular weight is 311 g/mol. The third-order valence-electron chi connectivity index (χ3n) is 3.27. The highest BCUT2D eigenvalue weighted by atomic mass is 16.6. The number of ether oxygens (including phenoxy) is 3. The van der Waals surface area contributed by atoms with Crippen LogP contribution in [0.5, 0.6) is 17.2 Å². The van der Waals surface area contributed by atoms with E-state index in [0.717, 1.165) is 0 Å². The molecule has 0 aromatic heterocycles. The largest absolute Gasteiger partial charge is 0.489 e. The van der Waals surface area contributed by atoms with Gasteiger partial charge in [0, 0.05) is 11.8 Å². The lowest BCUT2D eigenvalue weighted by molar-refractivity contribution is -0.125. The van der Waals surface area contributed by atoms with Crippen molar-refractivity contribution in [2.75, 3.05) is 18.5 Å². The van der Waals surface area contributed by atoms with Gasteiger partial charge in [-0.25, -0.2) is 0 Å². The summed E-state index contributed by atoms with van der Waals surface area (Å²) in [5.41, 5.74) is 0.638. The van der Waals surface area contributed by atoms with Crippen LogP contribution in [0.15, 0.2) is 61.2 Å². The van der Waals surface area contributed by atoms with Crippen molar-refractivity contribution in [2.24, 2.45) is 0 Å². The first kappa shape index (κ1) is 15.0. The predicted molar refractivity (Wildman–Crippen MR) is 87.1 cm³/mol. The first-order valence-electron chi connectivity index (χ1n) is 7.29. The van der Waals surface area contributed by atoms with Crippen LogP contribution in [0.3, 0.4) is 0 Å². The molecule has 5 nitrogen and oxygen atoms in total. The van der Waals surface area contributed by atoms with Crippen molar-refractivity contribution in [3.8, 4) is 17.2 Å². The Bertz CT molecular complexity index is 714. The third-order valence-corrected chi connectivity index (χ3v) is 3.27. The Morgan fingerprint density at radius 2 is 2.09 bits per heavy atom. The second kappa shape index (κ2) is 6.87. The summed E-state index contributed by atoms with van der Waals surface area (Å²) in [6.07, 6.45) is 0.971. The number of carbonyl (C=O) groups excluding carboxylic acids is 1. The minimum absolute atomic E-state index is 0.176. The minimum atomic E-state index is -0.692. The summed E-state index contributed by atoms with van der Waals surface area (Å²) in [4.78, 5) is 12.3. The van der Waals surface area contributed by atoms with Crippen LogP contribution < -0.4 is 19.5 Å². The number of benzene rings is 2. The van der Waals surface area contributed by atoms with Crippen molar-refractivity contribution in [3.05, 3.63) is 61.2 Å². The molecule has 0 saturated heterocycles. The Balaban J connectivity index is 1.65. The van der Waals surface area contributed by atoms with Gasteiger partial charge in [0.15, 0.2) is 11.5 Å². The summed E-state index contributed by atoms with van der Waals surface area (Å²) in [5, 5.41) is 2.81. The van der Waals surface area contributed by atoms with Crippen molar-refractivity contribution in [2.45, 2.75) is 6.10 Å². The highest BCUT2D eigenvalue weighted by Gasteiger charge is 2.27. The van der Waals surface area contributed by atoms with Crippen molar-refractivity contribution in [1.82, 2.24) is 0 Å². The number of anilines is 1. The van der Waals surface area contributed by atoms with E-state index >= 15 is 0 Å². The van der Waals surface area contributed by atoms with Crippen molar-refractivity contribution in [3.63, 3.8) is 0 Å². The molecule has 2 aromatic carbocycles. The minimum Gasteiger partial charge on any atom is -0.489 e. The van der Waals surface area contributed by atoms with Gasteiger partial charge in [-0.3, -0.25) is 4.79 Å². The fourth-order valence-corrected chi connectivity index (χ4v) is 2.19. The number of nitrogens with one attached hydrogen (secondary N) is 1. The van der Waals surface area contributed by atoms with Gasteiger partial charge in [0.05, 0.1) is 0 Å². The van der Waals surface area contributed by atoms with Gasteiger partial charge in [-0.1, -0.05) is 30.9 Å². The zero-order valence-electron chi connectivity index (χ0n) is 12.5. The molecule has 0 spiro atoms. The summed E-state index contributed by atoms with van der Waals surface area (Å²) >= 11 is 0. The molecule has 1 aliphatic rings. The smallest absolute Gasteiger partial charge is 0.269 e. The van der Waals surface area contributed by atoms with Gasteiger partial charge in [0.2, 0.25) is 6.10 Å². The molecule has 0 aliphatic carbocycles. The van der Waals surface area contributed by atoms with E-state index in [1.54, 1.807) is 24.3 Å². The van der Waals surface area contributed by atoms with E-state index in [-0.39, 0.29) is 12.5 Å². The maximum Gasteiger partial charge on any atom is 0.269 e. The molecule has 1 unspecified atom stereocenters. The Hall–Kier alpha value is -2.95. The van der Waals surface area contributed by atoms with E-state index < -0.39 is 6.10 Å². The molecule has 5 heteroatoms. The molecule has 1 aliphatic heterocycles. The quantitative estimate of drug-likeness (QED) is 0.862. The van der Waals surface area contributed by atoms with Crippen LogP contribution in [-0.4, -0.2) is 25.2 Å². The third kappa shape index (κ3) is 3.63. The molecular formula is C18H17NO4. The number of para-hydroxylation sites is 2. The van der Waals surface area contributed by atoms with Crippen LogP contribution in [-0.2, 0) is 4.79 Å². The molecule has 1 amide bonds. The van der Waals surface area contributed by atoms with Crippen LogP contribution in [0.2, 0.25) is 0 Å². The van der Waals surface area contributed by atoms with Crippen LogP contribution in [0.25, 0.3) is 0 Å². The lowest BCUT2D eigenvalue weighted by atomic mass is 10.2. The highest BCUT2D eigenvalue weighted by molar-refractivity contribution is 5.94. The fourth-order valence-electron chi connectivity index (χ4n) is 2.19. The summed E-state index contributed by atoms with van der Waals surface area (Å²) in [6, 6.07) is 14.4. The van der Waals surface area contributed by atoms with Gasteiger partial charge in [0.1, 0.15) is 19.0 Å². The molecule has 1 atom stereocenters. The number of rotatable bonds is 5. The van der Waals surface area contributed by atoms with Crippen LogP contribution in [0.4, 0.5) is 5.69 Å². The molecule has 23 heavy (non-hydrogen) atoms. The molecule has 2 aromatic rings. The van der Waals surface area contributed by atoms with Gasteiger partial charge in [-0.05, 0) is 24.3 Å². The van der Waals surface area contributed by atoms with Crippen molar-refractivity contribution >= 4 is 11.6 Å². The van der Waals surface area contributed by atoms with Crippen LogP contribution >= 0.6 is 0 Å². The molecule has 0 radical (unpaired) electrons. The second-order valence-electron chi connectivity index (χ2n) is 4.98. The molecule has 0 bridgehead atoms. The van der Waals surface area contributed by atoms with E-state index in [1.807, 2.05) is 30.3 Å². The SMILES string of the molecule is C=CCOc1cccc(NC(=O)C2COc3ccccc3O2)c1. The van der Waals surface area contributed by atoms with Gasteiger partial charge >= 0.3 is 0 Å². The van der Waals surface area contributed by atoms with Crippen molar-refractivity contribution in [1.29, 1.82) is 0 Å². The summed E-state index contributed by atoms with van der Waals surface area (Å²) in [7, 11) is 0. The van der Waals surface area contributed by atoms with Crippen LogP contribution in [0.1, 0.15) is 0 Å². The summed E-state index contributed by atoms with van der Waals surface area (Å²) in [6.45, 7) is 4.19. The van der Waals surface area contributed by atoms with E-state index in [4.69, 9.17) is 14.2 Å². The van der Waals surface area contributed by atoms with E-state index in [0.29, 0.717) is 29.5 Å². The van der Waals surface area contributed by atoms with Gasteiger partial charge < -0.3 is 19.5 Å². The topological polar surface area (TPSA) is 56.8 Å². The summed E-state index contributed by atoms with van der Waals surface area (Å²) in [5.74, 6) is 1.62. The maximum absolute atomic E-state index is 12.3. The molecule has 1 heterocycles. The highest BCUT2D eigenvalue weighted by Crippen LogP contribution is 2.31. The average Bonchev–Trinajstić information content (AvgIpc) is 2.60. The van der Waals surface area contributed by atoms with Crippen molar-refractivity contribution < 1.29 is 19.0 Å². The molecule has 3 rings (SSSR count). The molecular weight excluding hydrogens is 294 g/mol. The van der Waals surface area contributed by atoms with Gasteiger partial charge in [-0.15, -0.1) is 0 Å². The standard InChI is InChI=1S/C18H17NO4/c1-2-10-21-14-7-5-6-13(11-14)19-18(20)17-12-22-15-8-3-4-9-16(15)23-17/h2-9,11,17H,1,10,12H2,(H,19,20). The zero-order chi connectivity index (χ0) is 16.1. The maximum atomic E-state index is 12.3. The number of carbonyl (C=O) groups is 1. The Morgan fingerprint density at radius 3 is 2.91 bits per heavy atom. The van der Waals surface area contributed by atoms with E-state index in [2.05, 4.69) is 11.9 Å². The predicted octanol–water partition coefficient (Wildman–Crippen LogP) is 3.03. The first-order chi connectivity index (χ1) is 11.3. The number of hydrogen-bond acceptors (Lipinski definition) is 4. The monoisotopic (exact) mass is 311 g/mol. The second-order valence-corrected chi connectivity index (χ2v) is 4.98. The summed E-state index contributed by atoms with van der Waals surface area (Å²) < 4.78 is 16.7. The Morgan fingerprint density at radius 1 is 1.26 bits per heavy atom. The molecule has 0 fully saturated rings. The molecule has 1 N–H and O–H groups in total. The lowest BCUT2D eigenvalue weighted by Crippen LogP contribution is -2.40. The van der Waals surface area contributed by atoms with E-state index in [1.165, 1.54) is 0 Å². The van der Waals surface area contributed by atoms with Crippen LogP contribution in [0, 0.1) is 0 Å². The lowest BCUT2D eigenvalue weighted by Gasteiger charge is -2.25. The van der Waals surface area contributed by atoms with Gasteiger partial charge in [-0.2, -0.15) is 0 Å². The number of fused-ring (bicyclic) bond motifs is 1. The Labute approximate surface area is 134 Å². The van der Waals surface area contributed by atoms with Gasteiger partial charge in [0.25, 0.3) is 5.91 Å². The zero-order valence-corrected chi connectivity index (χ0v) is 12.5. The number of hydrogen-bond donors (Lipinski definition) is 1. The normalized spacial score (nSPS) is 15.6. The molecule has 118 valence electrons. The fraction of sp³-hybridized carbons (Fsp3) is 0.167. The van der Waals surface area contributed by atoms with E-state index in [9.17, 15) is 4.79 Å². The molecule has 0 saturated carbocycles.